The zero-order valence-corrected chi connectivity index (χ0v) is 15.9. The van der Waals surface area contributed by atoms with Crippen molar-refractivity contribution in [3.05, 3.63) is 52.6 Å². The summed E-state index contributed by atoms with van der Waals surface area (Å²) in [5.74, 6) is 0. The molecule has 8 heteroatoms. The van der Waals surface area contributed by atoms with Crippen LogP contribution in [0.2, 0.25) is 0 Å². The minimum absolute atomic E-state index is 0.200. The molecule has 3 rings (SSSR count). The fraction of sp³-hybridized carbons (Fsp3) is 0.278. The van der Waals surface area contributed by atoms with Crippen molar-refractivity contribution in [3.63, 3.8) is 0 Å². The highest BCUT2D eigenvalue weighted by Crippen LogP contribution is 2.27. The van der Waals surface area contributed by atoms with Gasteiger partial charge in [0.15, 0.2) is 0 Å². The van der Waals surface area contributed by atoms with Crippen LogP contribution in [-0.4, -0.2) is 32.8 Å². The summed E-state index contributed by atoms with van der Waals surface area (Å²) in [4.78, 5) is 23.6. The second-order valence-corrected chi connectivity index (χ2v) is 6.66. The van der Waals surface area contributed by atoms with Gasteiger partial charge in [0.2, 0.25) is 0 Å². The van der Waals surface area contributed by atoms with Crippen LogP contribution in [0.1, 0.15) is 28.9 Å². The van der Waals surface area contributed by atoms with E-state index < -0.39 is 0 Å². The summed E-state index contributed by atoms with van der Waals surface area (Å²) in [6.07, 6.45) is 3.54. The summed E-state index contributed by atoms with van der Waals surface area (Å²) in [5, 5.41) is 5.08. The van der Waals surface area contributed by atoms with Gasteiger partial charge in [0.1, 0.15) is 5.01 Å². The fourth-order valence-corrected chi connectivity index (χ4v) is 3.36. The van der Waals surface area contributed by atoms with Gasteiger partial charge in [-0.1, -0.05) is 5.16 Å². The molecular formula is C18H19N5O2S. The molecule has 26 heavy (non-hydrogen) atoms. The maximum atomic E-state index is 5.44. The van der Waals surface area contributed by atoms with Crippen molar-refractivity contribution in [2.45, 2.75) is 27.4 Å². The Morgan fingerprint density at radius 1 is 1.23 bits per heavy atom. The fourth-order valence-electron chi connectivity index (χ4n) is 2.36. The largest absolute Gasteiger partial charge is 0.378 e. The van der Waals surface area contributed by atoms with Crippen molar-refractivity contribution in [2.24, 2.45) is 5.16 Å². The molecule has 3 heterocycles. The molecule has 0 unspecified atom stereocenters. The molecule has 134 valence electrons. The minimum Gasteiger partial charge on any atom is -0.378 e. The summed E-state index contributed by atoms with van der Waals surface area (Å²) < 4.78 is 5.10. The lowest BCUT2D eigenvalue weighted by atomic mass is 10.3. The van der Waals surface area contributed by atoms with Crippen LogP contribution in [0.15, 0.2) is 35.7 Å². The van der Waals surface area contributed by atoms with Crippen LogP contribution >= 0.6 is 11.3 Å². The molecule has 0 saturated heterocycles. The monoisotopic (exact) mass is 369 g/mol. The molecule has 0 radical (unpaired) electrons. The second-order valence-electron chi connectivity index (χ2n) is 5.66. The Kier molecular flexibility index (Phi) is 5.65. The number of ether oxygens (including phenoxy) is 1. The van der Waals surface area contributed by atoms with E-state index in [1.54, 1.807) is 30.8 Å². The Labute approximate surface area is 155 Å². The van der Waals surface area contributed by atoms with Crippen molar-refractivity contribution in [1.29, 1.82) is 0 Å². The molecule has 3 aromatic heterocycles. The molecule has 0 N–H and O–H groups in total. The lowest BCUT2D eigenvalue weighted by Gasteiger charge is -2.04. The molecule has 0 aliphatic rings. The van der Waals surface area contributed by atoms with Crippen LogP contribution in [-0.2, 0) is 11.3 Å². The number of pyridine rings is 1. The Morgan fingerprint density at radius 2 is 2.08 bits per heavy atom. The van der Waals surface area contributed by atoms with Gasteiger partial charge >= 0.3 is 6.01 Å². The van der Waals surface area contributed by atoms with Crippen molar-refractivity contribution in [3.8, 4) is 16.6 Å². The molecule has 0 fully saturated rings. The number of hydrogen-bond acceptors (Lipinski definition) is 8. The van der Waals surface area contributed by atoms with Gasteiger partial charge in [0.05, 0.1) is 28.6 Å². The number of nitrogens with zero attached hydrogens (tertiary/aromatic N) is 5. The van der Waals surface area contributed by atoms with Crippen LogP contribution in [0, 0.1) is 13.8 Å². The highest BCUT2D eigenvalue weighted by Gasteiger charge is 2.13. The molecule has 0 amide bonds. The number of methoxy groups -OCH3 is 1. The van der Waals surface area contributed by atoms with E-state index in [0.29, 0.717) is 12.3 Å². The van der Waals surface area contributed by atoms with Gasteiger partial charge in [0.25, 0.3) is 0 Å². The van der Waals surface area contributed by atoms with Crippen molar-refractivity contribution < 1.29 is 9.57 Å². The highest BCUT2D eigenvalue weighted by molar-refractivity contribution is 7.17. The van der Waals surface area contributed by atoms with Crippen LogP contribution in [0.3, 0.4) is 0 Å². The molecule has 0 spiro atoms. The van der Waals surface area contributed by atoms with Gasteiger partial charge in [-0.2, -0.15) is 9.97 Å². The zero-order chi connectivity index (χ0) is 18.5. The lowest BCUT2D eigenvalue weighted by molar-refractivity contribution is 0.179. The topological polar surface area (TPSA) is 82.4 Å². The molecule has 0 aromatic carbocycles. The standard InChI is InChI=1S/C18H19N5O2S/c1-11-8-15(10-24-4)22-18(20-11)25-23-13(3)16-12(2)21-17(26-16)14-6-5-7-19-9-14/h5-9H,10H2,1-4H3. The number of oxime groups is 1. The molecular weight excluding hydrogens is 350 g/mol. The summed E-state index contributed by atoms with van der Waals surface area (Å²) in [6, 6.07) is 5.92. The first kappa shape index (κ1) is 18.1. The van der Waals surface area contributed by atoms with Gasteiger partial charge in [-0.3, -0.25) is 4.98 Å². The van der Waals surface area contributed by atoms with Crippen LogP contribution in [0.5, 0.6) is 6.01 Å². The number of aromatic nitrogens is 4. The summed E-state index contributed by atoms with van der Waals surface area (Å²) in [5.41, 5.74) is 4.13. The Hall–Kier alpha value is -2.71. The van der Waals surface area contributed by atoms with Crippen LogP contribution < -0.4 is 4.84 Å². The van der Waals surface area contributed by atoms with E-state index in [0.717, 1.165) is 32.5 Å². The molecule has 0 aliphatic carbocycles. The second kappa shape index (κ2) is 8.11. The number of aryl methyl sites for hydroxylation is 2. The Bertz CT molecular complexity index is 925. The minimum atomic E-state index is 0.200. The SMILES string of the molecule is COCc1cc(C)nc(ON=C(C)c2sc(-c3cccnc3)nc2C)n1. The third kappa shape index (κ3) is 4.27. The molecule has 0 atom stereocenters. The van der Waals surface area contributed by atoms with E-state index in [2.05, 4.69) is 25.1 Å². The van der Waals surface area contributed by atoms with Crippen LogP contribution in [0.4, 0.5) is 0 Å². The Morgan fingerprint density at radius 3 is 2.81 bits per heavy atom. The van der Waals surface area contributed by atoms with Gasteiger partial charge in [-0.15, -0.1) is 11.3 Å². The van der Waals surface area contributed by atoms with Gasteiger partial charge in [-0.05, 0) is 39.0 Å². The lowest BCUT2D eigenvalue weighted by Crippen LogP contribution is -2.02. The highest BCUT2D eigenvalue weighted by atomic mass is 32.1. The van der Waals surface area contributed by atoms with E-state index in [-0.39, 0.29) is 6.01 Å². The predicted molar refractivity (Wildman–Crippen MR) is 100 cm³/mol. The predicted octanol–water partition coefficient (Wildman–Crippen LogP) is 3.56. The number of thiazole rings is 1. The molecule has 0 aliphatic heterocycles. The average molecular weight is 369 g/mol. The third-order valence-electron chi connectivity index (χ3n) is 3.48. The van der Waals surface area contributed by atoms with Gasteiger partial charge < -0.3 is 9.57 Å². The maximum Gasteiger partial charge on any atom is 0.346 e. The van der Waals surface area contributed by atoms with Crippen LogP contribution in [0.25, 0.3) is 10.6 Å². The van der Waals surface area contributed by atoms with E-state index in [1.165, 1.54) is 0 Å². The number of hydrogen-bond donors (Lipinski definition) is 0. The zero-order valence-electron chi connectivity index (χ0n) is 15.1. The third-order valence-corrected chi connectivity index (χ3v) is 4.79. The molecule has 7 nitrogen and oxygen atoms in total. The van der Waals surface area contributed by atoms with E-state index in [1.807, 2.05) is 39.0 Å². The van der Waals surface area contributed by atoms with E-state index >= 15 is 0 Å². The van der Waals surface area contributed by atoms with E-state index in [9.17, 15) is 0 Å². The average Bonchev–Trinajstić information content (AvgIpc) is 3.02. The molecule has 0 saturated carbocycles. The molecule has 0 bridgehead atoms. The normalized spacial score (nSPS) is 11.6. The number of rotatable bonds is 6. The maximum absolute atomic E-state index is 5.44. The van der Waals surface area contributed by atoms with Gasteiger partial charge in [-0.25, -0.2) is 4.98 Å². The summed E-state index contributed by atoms with van der Waals surface area (Å²) in [7, 11) is 1.62. The first-order chi connectivity index (χ1) is 12.6. The molecule has 3 aromatic rings. The summed E-state index contributed by atoms with van der Waals surface area (Å²) >= 11 is 1.55. The smallest absolute Gasteiger partial charge is 0.346 e. The quantitative estimate of drug-likeness (QED) is 0.488. The Balaban J connectivity index is 1.81. The summed E-state index contributed by atoms with van der Waals surface area (Å²) in [6.45, 7) is 6.09. The van der Waals surface area contributed by atoms with Gasteiger partial charge in [0, 0.05) is 30.8 Å². The van der Waals surface area contributed by atoms with Crippen molar-refractivity contribution >= 4 is 17.0 Å². The first-order valence-electron chi connectivity index (χ1n) is 8.00. The first-order valence-corrected chi connectivity index (χ1v) is 8.81. The van der Waals surface area contributed by atoms with E-state index in [4.69, 9.17) is 9.57 Å². The van der Waals surface area contributed by atoms with Crippen molar-refractivity contribution in [2.75, 3.05) is 7.11 Å². The van der Waals surface area contributed by atoms with Crippen molar-refractivity contribution in [1.82, 2.24) is 19.9 Å².